The molecule has 0 fully saturated rings. The second-order valence-corrected chi connectivity index (χ2v) is 3.06. The molecule has 2 aromatic heterocycles. The lowest BCUT2D eigenvalue weighted by Gasteiger charge is -1.99. The molecule has 0 aliphatic heterocycles. The van der Waals surface area contributed by atoms with Crippen LogP contribution in [0.25, 0.3) is 0 Å². The first-order valence-corrected chi connectivity index (χ1v) is 4.38. The summed E-state index contributed by atoms with van der Waals surface area (Å²) in [5.41, 5.74) is -0.241. The lowest BCUT2D eigenvalue weighted by Crippen LogP contribution is -2.20. The summed E-state index contributed by atoms with van der Waals surface area (Å²) in [5, 5.41) is 8.87. The van der Waals surface area contributed by atoms with E-state index >= 15 is 0 Å². The molecule has 14 heavy (non-hydrogen) atoms. The molecule has 0 atom stereocenters. The zero-order chi connectivity index (χ0) is 9.97. The Morgan fingerprint density at radius 1 is 1.43 bits per heavy atom. The number of aromatic nitrogens is 6. The van der Waals surface area contributed by atoms with Gasteiger partial charge in [0.1, 0.15) is 12.7 Å². The number of aromatic amines is 2. The van der Waals surface area contributed by atoms with Gasteiger partial charge >= 0.3 is 5.69 Å². The van der Waals surface area contributed by atoms with Gasteiger partial charge < -0.3 is 0 Å². The van der Waals surface area contributed by atoms with Crippen molar-refractivity contribution in [2.24, 2.45) is 0 Å². The van der Waals surface area contributed by atoms with Gasteiger partial charge in [-0.1, -0.05) is 0 Å². The molecule has 2 rings (SSSR count). The van der Waals surface area contributed by atoms with Gasteiger partial charge in [-0.25, -0.2) is 14.9 Å². The fraction of sp³-hybridized carbons (Fsp3) is 0.333. The molecule has 2 N–H and O–H groups in total. The normalized spacial score (nSPS) is 10.6. The number of rotatable bonds is 3. The summed E-state index contributed by atoms with van der Waals surface area (Å²) >= 11 is 4.90. The molecule has 0 saturated heterocycles. The third kappa shape index (κ3) is 1.64. The zero-order valence-electron chi connectivity index (χ0n) is 7.17. The van der Waals surface area contributed by atoms with Gasteiger partial charge in [0.15, 0.2) is 4.77 Å². The Hall–Kier alpha value is -1.70. The van der Waals surface area contributed by atoms with Crippen LogP contribution in [-0.2, 0) is 13.1 Å². The van der Waals surface area contributed by atoms with Gasteiger partial charge in [-0.2, -0.15) is 5.10 Å². The molecule has 0 radical (unpaired) electrons. The molecular weight excluding hydrogens is 204 g/mol. The molecule has 0 spiro atoms. The van der Waals surface area contributed by atoms with Crippen molar-refractivity contribution in [2.75, 3.05) is 0 Å². The molecular formula is C6H8N6OS. The van der Waals surface area contributed by atoms with E-state index in [1.54, 1.807) is 11.0 Å². The molecule has 7 nitrogen and oxygen atoms in total. The molecule has 8 heteroatoms. The Balaban J connectivity index is 2.13. The van der Waals surface area contributed by atoms with Crippen LogP contribution < -0.4 is 5.69 Å². The minimum atomic E-state index is -0.241. The molecule has 2 heterocycles. The van der Waals surface area contributed by atoms with E-state index in [9.17, 15) is 4.79 Å². The van der Waals surface area contributed by atoms with Gasteiger partial charge in [-0.15, -0.1) is 0 Å². The first-order chi connectivity index (χ1) is 6.77. The van der Waals surface area contributed by atoms with Crippen molar-refractivity contribution in [3.05, 3.63) is 27.9 Å². The van der Waals surface area contributed by atoms with E-state index in [-0.39, 0.29) is 5.69 Å². The number of aryl methyl sites for hydroxylation is 1. The van der Waals surface area contributed by atoms with Crippen LogP contribution in [0.4, 0.5) is 0 Å². The largest absolute Gasteiger partial charge is 0.342 e. The van der Waals surface area contributed by atoms with Crippen LogP contribution in [0.1, 0.15) is 0 Å². The lowest BCUT2D eigenvalue weighted by molar-refractivity contribution is 0.520. The highest BCUT2D eigenvalue weighted by atomic mass is 32.1. The highest BCUT2D eigenvalue weighted by Crippen LogP contribution is 1.86. The summed E-state index contributed by atoms with van der Waals surface area (Å²) in [5.74, 6) is 0. The summed E-state index contributed by atoms with van der Waals surface area (Å²) in [6.45, 7) is 1.04. The lowest BCUT2D eigenvalue weighted by atomic mass is 10.6. The van der Waals surface area contributed by atoms with Crippen LogP contribution in [0.5, 0.6) is 0 Å². The molecule has 0 aliphatic rings. The van der Waals surface area contributed by atoms with Crippen molar-refractivity contribution in [3.63, 3.8) is 0 Å². The molecule has 0 aromatic carbocycles. The number of nitrogens with one attached hydrogen (secondary N) is 2. The van der Waals surface area contributed by atoms with Crippen molar-refractivity contribution in [3.8, 4) is 0 Å². The van der Waals surface area contributed by atoms with Gasteiger partial charge in [0, 0.05) is 6.54 Å². The standard InChI is InChI=1S/C6H8N6OS/c13-5-9-10-6(14)12(5)2-1-11-4-7-3-8-11/h3-4H,1-2H2,(H,9,13)(H,10,14). The number of nitrogens with zero attached hydrogens (tertiary/aromatic N) is 4. The van der Waals surface area contributed by atoms with Gasteiger partial charge in [-0.05, 0) is 12.2 Å². The van der Waals surface area contributed by atoms with E-state index in [0.717, 1.165) is 0 Å². The molecule has 74 valence electrons. The fourth-order valence-electron chi connectivity index (χ4n) is 1.09. The predicted octanol–water partition coefficient (Wildman–Crippen LogP) is -0.474. The maximum absolute atomic E-state index is 11.2. The highest BCUT2D eigenvalue weighted by molar-refractivity contribution is 7.71. The third-order valence-electron chi connectivity index (χ3n) is 1.79. The molecule has 0 bridgehead atoms. The van der Waals surface area contributed by atoms with Crippen LogP contribution in [0.3, 0.4) is 0 Å². The molecule has 0 unspecified atom stereocenters. The van der Waals surface area contributed by atoms with Gasteiger partial charge in [0.05, 0.1) is 6.54 Å². The molecule has 2 aromatic rings. The maximum Gasteiger partial charge on any atom is 0.342 e. The summed E-state index contributed by atoms with van der Waals surface area (Å²) < 4.78 is 3.45. The number of hydrogen-bond acceptors (Lipinski definition) is 4. The van der Waals surface area contributed by atoms with E-state index < -0.39 is 0 Å². The van der Waals surface area contributed by atoms with E-state index in [0.29, 0.717) is 17.9 Å². The van der Waals surface area contributed by atoms with Crippen molar-refractivity contribution in [1.29, 1.82) is 0 Å². The van der Waals surface area contributed by atoms with Crippen molar-refractivity contribution >= 4 is 12.2 Å². The Morgan fingerprint density at radius 3 is 2.86 bits per heavy atom. The smallest absolute Gasteiger partial charge is 0.272 e. The Morgan fingerprint density at radius 2 is 2.29 bits per heavy atom. The number of hydrogen-bond donors (Lipinski definition) is 2. The van der Waals surface area contributed by atoms with Crippen LogP contribution >= 0.6 is 12.2 Å². The quantitative estimate of drug-likeness (QED) is 0.673. The minimum Gasteiger partial charge on any atom is -0.272 e. The average molecular weight is 212 g/mol. The molecule has 0 saturated carbocycles. The first kappa shape index (κ1) is 8.88. The minimum absolute atomic E-state index is 0.241. The van der Waals surface area contributed by atoms with Crippen LogP contribution in [0, 0.1) is 4.77 Å². The van der Waals surface area contributed by atoms with Crippen molar-refractivity contribution in [2.45, 2.75) is 13.1 Å². The fourth-order valence-corrected chi connectivity index (χ4v) is 1.31. The summed E-state index contributed by atoms with van der Waals surface area (Å²) in [6, 6.07) is 0. The van der Waals surface area contributed by atoms with Crippen LogP contribution in [0.15, 0.2) is 17.4 Å². The van der Waals surface area contributed by atoms with Gasteiger partial charge in [0.25, 0.3) is 0 Å². The van der Waals surface area contributed by atoms with Crippen LogP contribution in [0.2, 0.25) is 0 Å². The van der Waals surface area contributed by atoms with Crippen LogP contribution in [-0.4, -0.2) is 29.5 Å². The topological polar surface area (TPSA) is 84.3 Å². The second kappa shape index (κ2) is 3.58. The molecule has 0 amide bonds. The summed E-state index contributed by atoms with van der Waals surface area (Å²) in [6.07, 6.45) is 3.03. The Kier molecular flexibility index (Phi) is 2.27. The highest BCUT2D eigenvalue weighted by Gasteiger charge is 1.99. The predicted molar refractivity (Wildman–Crippen MR) is 50.3 cm³/mol. The summed E-state index contributed by atoms with van der Waals surface area (Å²) in [7, 11) is 0. The average Bonchev–Trinajstić information content (AvgIpc) is 2.76. The second-order valence-electron chi connectivity index (χ2n) is 2.67. The van der Waals surface area contributed by atoms with E-state index in [4.69, 9.17) is 12.2 Å². The van der Waals surface area contributed by atoms with E-state index in [2.05, 4.69) is 20.3 Å². The zero-order valence-corrected chi connectivity index (χ0v) is 7.99. The van der Waals surface area contributed by atoms with Gasteiger partial charge in [0.2, 0.25) is 0 Å². The monoisotopic (exact) mass is 212 g/mol. The first-order valence-electron chi connectivity index (χ1n) is 3.97. The van der Waals surface area contributed by atoms with Crippen molar-refractivity contribution in [1.82, 2.24) is 29.5 Å². The Bertz CT molecular complexity index is 477. The summed E-state index contributed by atoms with van der Waals surface area (Å²) in [4.78, 5) is 15.0. The number of H-pyrrole nitrogens is 2. The maximum atomic E-state index is 11.2. The molecule has 0 aliphatic carbocycles. The SMILES string of the molecule is O=c1[nH][nH]c(=S)n1CCn1cncn1. The third-order valence-corrected chi connectivity index (χ3v) is 2.11. The van der Waals surface area contributed by atoms with E-state index in [1.807, 2.05) is 0 Å². The Labute approximate surface area is 83.4 Å². The van der Waals surface area contributed by atoms with Crippen molar-refractivity contribution < 1.29 is 0 Å². The van der Waals surface area contributed by atoms with Gasteiger partial charge in [-0.3, -0.25) is 14.3 Å². The van der Waals surface area contributed by atoms with E-state index in [1.165, 1.54) is 10.9 Å².